The molecule has 15 rings (SSSR count). The molecular formula is C55H33BN2O2. The van der Waals surface area contributed by atoms with Gasteiger partial charge in [0, 0.05) is 71.4 Å². The van der Waals surface area contributed by atoms with Gasteiger partial charge in [0.1, 0.15) is 22.3 Å². The summed E-state index contributed by atoms with van der Waals surface area (Å²) in [7, 11) is 0. The molecule has 0 unspecified atom stereocenters. The highest BCUT2D eigenvalue weighted by Crippen LogP contribution is 2.57. The minimum absolute atomic E-state index is 0.130. The summed E-state index contributed by atoms with van der Waals surface area (Å²) in [5.41, 5.74) is 20.0. The number of para-hydroxylation sites is 3. The lowest BCUT2D eigenvalue weighted by Crippen LogP contribution is -2.57. The highest BCUT2D eigenvalue weighted by Gasteiger charge is 2.48. The second kappa shape index (κ2) is 10.6. The fourth-order valence-corrected chi connectivity index (χ4v) is 11.8. The molecule has 2 aliphatic heterocycles. The summed E-state index contributed by atoms with van der Waals surface area (Å²) >= 11 is 0. The number of hydrogen-bond acceptors (Lipinski definition) is 3. The van der Waals surface area contributed by atoms with Crippen LogP contribution in [0.1, 0.15) is 25.0 Å². The zero-order valence-electron chi connectivity index (χ0n) is 32.9. The van der Waals surface area contributed by atoms with E-state index in [0.29, 0.717) is 0 Å². The van der Waals surface area contributed by atoms with Gasteiger partial charge in [-0.15, -0.1) is 0 Å². The summed E-state index contributed by atoms with van der Waals surface area (Å²) < 4.78 is 15.9. The highest BCUT2D eigenvalue weighted by atomic mass is 16.3. The van der Waals surface area contributed by atoms with Gasteiger partial charge in [0.15, 0.2) is 0 Å². The number of hydrogen-bond donors (Lipinski definition) is 0. The van der Waals surface area contributed by atoms with E-state index in [1.165, 1.54) is 82.6 Å². The molecule has 0 bridgehead atoms. The SMILES string of the molecule is CC1(C)c2ccccc2-c2c1cc1c3c2-c2cccc4c5c6ccccc6ccc5n(c24)B3c2cc3oc4ccccc4c3cc2N1c1ccc2oc3ccccc3c2c1. The number of fused-ring (bicyclic) bond motifs is 19. The Kier molecular flexibility index (Phi) is 5.55. The van der Waals surface area contributed by atoms with Crippen LogP contribution in [0.15, 0.2) is 173 Å². The van der Waals surface area contributed by atoms with Gasteiger partial charge in [-0.2, -0.15) is 0 Å². The van der Waals surface area contributed by atoms with Crippen LogP contribution >= 0.6 is 0 Å². The minimum atomic E-state index is -0.220. The van der Waals surface area contributed by atoms with Gasteiger partial charge in [0.05, 0.1) is 0 Å². The van der Waals surface area contributed by atoms with Crippen molar-refractivity contribution in [2.75, 3.05) is 4.90 Å². The van der Waals surface area contributed by atoms with Crippen LogP contribution in [0, 0.1) is 0 Å². The molecule has 0 spiro atoms. The first-order valence-electron chi connectivity index (χ1n) is 21.0. The van der Waals surface area contributed by atoms with Crippen LogP contribution in [0.2, 0.25) is 0 Å². The molecule has 0 saturated carbocycles. The van der Waals surface area contributed by atoms with Gasteiger partial charge in [-0.3, -0.25) is 0 Å². The van der Waals surface area contributed by atoms with E-state index in [1.54, 1.807) is 0 Å². The average molecular weight is 765 g/mol. The van der Waals surface area contributed by atoms with Crippen molar-refractivity contribution >= 4 is 111 Å². The normalized spacial score (nSPS) is 14.6. The molecule has 5 heterocycles. The maximum Gasteiger partial charge on any atom is 0.333 e. The Labute approximate surface area is 344 Å². The first-order valence-corrected chi connectivity index (χ1v) is 21.0. The van der Waals surface area contributed by atoms with Crippen molar-refractivity contribution in [1.29, 1.82) is 0 Å². The van der Waals surface area contributed by atoms with Crippen molar-refractivity contribution in [2.24, 2.45) is 0 Å². The van der Waals surface area contributed by atoms with Crippen LogP contribution in [0.3, 0.4) is 0 Å². The number of aromatic nitrogens is 1. The monoisotopic (exact) mass is 764 g/mol. The van der Waals surface area contributed by atoms with Crippen LogP contribution in [0.25, 0.3) is 98.7 Å². The van der Waals surface area contributed by atoms with Crippen molar-refractivity contribution in [3.05, 3.63) is 175 Å². The summed E-state index contributed by atoms with van der Waals surface area (Å²) in [5, 5.41) is 9.61. The molecule has 0 atom stereocenters. The minimum Gasteiger partial charge on any atom is -0.456 e. The Hall–Kier alpha value is -7.50. The van der Waals surface area contributed by atoms with E-state index in [2.05, 4.69) is 181 Å². The number of furan rings is 2. The van der Waals surface area contributed by atoms with Crippen molar-refractivity contribution in [1.82, 2.24) is 4.48 Å². The van der Waals surface area contributed by atoms with Crippen molar-refractivity contribution in [2.45, 2.75) is 19.3 Å². The fraction of sp³-hybridized carbons (Fsp3) is 0.0545. The van der Waals surface area contributed by atoms with Crippen LogP contribution in [-0.4, -0.2) is 11.3 Å². The fourth-order valence-electron chi connectivity index (χ4n) is 11.8. The van der Waals surface area contributed by atoms with E-state index >= 15 is 0 Å². The molecule has 60 heavy (non-hydrogen) atoms. The van der Waals surface area contributed by atoms with E-state index in [-0.39, 0.29) is 12.3 Å². The molecule has 0 saturated heterocycles. The van der Waals surface area contributed by atoms with Crippen molar-refractivity contribution < 1.29 is 8.83 Å². The Morgan fingerprint density at radius 1 is 0.483 bits per heavy atom. The van der Waals surface area contributed by atoms with E-state index in [0.717, 1.165) is 55.3 Å². The third-order valence-corrected chi connectivity index (χ3v) is 14.3. The maximum atomic E-state index is 6.76. The van der Waals surface area contributed by atoms with Gasteiger partial charge in [-0.25, -0.2) is 0 Å². The van der Waals surface area contributed by atoms with E-state index < -0.39 is 0 Å². The summed E-state index contributed by atoms with van der Waals surface area (Å²) in [6.45, 7) is 4.69. The van der Waals surface area contributed by atoms with Crippen molar-refractivity contribution in [3.63, 3.8) is 0 Å². The Balaban J connectivity index is 1.17. The Morgan fingerprint density at radius 3 is 2.02 bits per heavy atom. The van der Waals surface area contributed by atoms with E-state index in [4.69, 9.17) is 8.83 Å². The predicted octanol–water partition coefficient (Wildman–Crippen LogP) is 13.5. The molecule has 5 heteroatoms. The van der Waals surface area contributed by atoms with E-state index in [9.17, 15) is 0 Å². The van der Waals surface area contributed by atoms with Gasteiger partial charge >= 0.3 is 6.85 Å². The standard InChI is InChI=1S/C55H33BN2O2/c1-55(2)40-19-8-5-16-35(40)51-41(55)28-45-53-52(51)37-18-11-17-36-50-32-13-4-3-12-30(32)22-24-43(50)58(54(36)37)56(53)42-29-49-39(34-15-7-10-21-47(34)60-49)27-44(42)57(45)31-23-25-48-38(26-31)33-14-6-9-20-46(33)59-48/h3-29H,1-2H3. The third kappa shape index (κ3) is 3.64. The third-order valence-electron chi connectivity index (χ3n) is 14.3. The molecule has 9 aromatic carbocycles. The summed E-state index contributed by atoms with van der Waals surface area (Å²) in [5.74, 6) is 0. The number of anilines is 3. The average Bonchev–Trinajstić information content (AvgIpc) is 4.01. The molecule has 278 valence electrons. The van der Waals surface area contributed by atoms with Gasteiger partial charge in [0.25, 0.3) is 0 Å². The lowest BCUT2D eigenvalue weighted by atomic mass is 9.44. The first kappa shape index (κ1) is 31.5. The lowest BCUT2D eigenvalue weighted by Gasteiger charge is -2.42. The largest absolute Gasteiger partial charge is 0.456 e. The quantitative estimate of drug-likeness (QED) is 0.156. The predicted molar refractivity (Wildman–Crippen MR) is 250 cm³/mol. The molecule has 0 N–H and O–H groups in total. The molecule has 0 fully saturated rings. The van der Waals surface area contributed by atoms with Crippen LogP contribution in [-0.2, 0) is 5.41 Å². The number of rotatable bonds is 1. The molecule has 3 aromatic heterocycles. The topological polar surface area (TPSA) is 34.5 Å². The number of benzene rings is 9. The molecule has 3 aliphatic rings. The van der Waals surface area contributed by atoms with Gasteiger partial charge in [0.2, 0.25) is 0 Å². The van der Waals surface area contributed by atoms with Crippen LogP contribution in [0.4, 0.5) is 17.1 Å². The van der Waals surface area contributed by atoms with E-state index in [1.807, 2.05) is 6.07 Å². The van der Waals surface area contributed by atoms with Gasteiger partial charge < -0.3 is 18.2 Å². The highest BCUT2D eigenvalue weighted by molar-refractivity contribution is 6.90. The second-order valence-corrected chi connectivity index (χ2v) is 17.6. The van der Waals surface area contributed by atoms with Gasteiger partial charge in [-0.1, -0.05) is 123 Å². The Bertz CT molecular complexity index is 3960. The van der Waals surface area contributed by atoms with Crippen LogP contribution < -0.4 is 15.8 Å². The smallest absolute Gasteiger partial charge is 0.333 e. The number of nitrogens with zero attached hydrogens (tertiary/aromatic N) is 2. The summed E-state index contributed by atoms with van der Waals surface area (Å²) in [4.78, 5) is 2.55. The molecule has 4 nitrogen and oxygen atoms in total. The van der Waals surface area contributed by atoms with Crippen LogP contribution in [0.5, 0.6) is 0 Å². The second-order valence-electron chi connectivity index (χ2n) is 17.6. The molecule has 0 radical (unpaired) electrons. The maximum absolute atomic E-state index is 6.76. The first-order chi connectivity index (χ1) is 29.5. The molecule has 12 aromatic rings. The van der Waals surface area contributed by atoms with Crippen molar-refractivity contribution in [3.8, 4) is 22.3 Å². The lowest BCUT2D eigenvalue weighted by molar-refractivity contribution is 0.660. The summed E-state index contributed by atoms with van der Waals surface area (Å²) in [6.07, 6.45) is 0. The summed E-state index contributed by atoms with van der Waals surface area (Å²) in [6, 6.07) is 60.6. The zero-order valence-corrected chi connectivity index (χ0v) is 32.9. The molecular weight excluding hydrogens is 731 g/mol. The zero-order chi connectivity index (χ0) is 39.2. The molecule has 1 aliphatic carbocycles. The molecule has 0 amide bonds. The van der Waals surface area contributed by atoms with Gasteiger partial charge in [-0.05, 0) is 104 Å². The Morgan fingerprint density at radius 2 is 1.17 bits per heavy atom.